The Balaban J connectivity index is 1.07. The number of nitrogens with one attached hydrogen (secondary N) is 1. The minimum Gasteiger partial charge on any atom is -0.391 e. The number of rotatable bonds is 10. The van der Waals surface area contributed by atoms with Gasteiger partial charge in [-0.2, -0.15) is 0 Å². The zero-order chi connectivity index (χ0) is 35.2. The van der Waals surface area contributed by atoms with E-state index < -0.39 is 23.6 Å². The van der Waals surface area contributed by atoms with Crippen molar-refractivity contribution in [3.8, 4) is 0 Å². The zero-order valence-electron chi connectivity index (χ0n) is 29.9. The van der Waals surface area contributed by atoms with Crippen molar-refractivity contribution < 1.29 is 19.5 Å². The van der Waals surface area contributed by atoms with Crippen molar-refractivity contribution in [2.75, 3.05) is 32.7 Å². The molecule has 1 saturated carbocycles. The molecule has 3 heterocycles. The first-order valence-electron chi connectivity index (χ1n) is 19.4. The quantitative estimate of drug-likeness (QED) is 0.274. The van der Waals surface area contributed by atoms with E-state index in [1.165, 1.54) is 38.5 Å². The van der Waals surface area contributed by atoms with Gasteiger partial charge in [-0.3, -0.25) is 14.4 Å². The smallest absolute Gasteiger partial charge is 0.246 e. The van der Waals surface area contributed by atoms with Gasteiger partial charge in [0.15, 0.2) is 0 Å². The fraction of sp³-hybridized carbons (Fsp3) is 0.512. The summed E-state index contributed by atoms with van der Waals surface area (Å²) in [6, 6.07) is 29.5. The van der Waals surface area contributed by atoms with Crippen molar-refractivity contribution in [1.82, 2.24) is 20.0 Å². The van der Waals surface area contributed by atoms with E-state index >= 15 is 0 Å². The number of carbonyl (C=O) groups excluding carboxylic acids is 3. The Bertz CT molecular complexity index is 1520. The summed E-state index contributed by atoms with van der Waals surface area (Å²) in [5.41, 5.74) is 2.13. The number of hydrogen-bond acceptors (Lipinski definition) is 5. The highest BCUT2D eigenvalue weighted by molar-refractivity contribution is 5.93. The first-order valence-corrected chi connectivity index (χ1v) is 19.4. The second kappa shape index (κ2) is 16.1. The van der Waals surface area contributed by atoms with Crippen LogP contribution in [0.1, 0.15) is 87.3 Å². The van der Waals surface area contributed by atoms with Crippen LogP contribution in [0.15, 0.2) is 91.0 Å². The number of aliphatic hydroxyl groups is 1. The van der Waals surface area contributed by atoms with Gasteiger partial charge in [0.2, 0.25) is 17.7 Å². The Morgan fingerprint density at radius 3 is 1.86 bits per heavy atom. The lowest BCUT2D eigenvalue weighted by Gasteiger charge is -2.40. The molecule has 3 aliphatic heterocycles. The molecular weight excluding hydrogens is 636 g/mol. The summed E-state index contributed by atoms with van der Waals surface area (Å²) in [7, 11) is 0. The maximum Gasteiger partial charge on any atom is 0.246 e. The molecule has 4 fully saturated rings. The molecule has 1 aliphatic carbocycles. The average molecular weight is 691 g/mol. The van der Waals surface area contributed by atoms with Crippen molar-refractivity contribution in [2.45, 2.75) is 100 Å². The number of hydrogen-bond donors (Lipinski definition) is 2. The second-order valence-electron chi connectivity index (χ2n) is 15.4. The first-order chi connectivity index (χ1) is 24.9. The number of likely N-dealkylation sites (tertiary alicyclic amines) is 3. The van der Waals surface area contributed by atoms with Crippen LogP contribution in [0.4, 0.5) is 0 Å². The number of piperidine rings is 1. The van der Waals surface area contributed by atoms with Crippen LogP contribution in [0.25, 0.3) is 0 Å². The van der Waals surface area contributed by atoms with Crippen molar-refractivity contribution >= 4 is 17.7 Å². The summed E-state index contributed by atoms with van der Waals surface area (Å²) in [5, 5.41) is 14.2. The molecular formula is C43H54N4O4. The molecule has 3 saturated heterocycles. The topological polar surface area (TPSA) is 93.2 Å². The standard InChI is InChI=1S/C43H54N4O4/c48-37-27-39(42(51)46-26-14-24-38(46)41(50)44-29-32-15-13-25-45(30-32)36-22-11-4-12-23-36)47(31-37)40(49)28-43(33-16-5-1-6-17-33,34-18-7-2-8-19-34)35-20-9-3-10-21-35/h1-3,5-10,16-21,32,36-39,48H,4,11-15,22-31H2,(H,44,50)/t32-,37+,38+,39-/m0/s1. The third-order valence-electron chi connectivity index (χ3n) is 12.1. The molecule has 4 atom stereocenters. The number of β-amino-alcohol motifs (C(OH)–C–C–N with tert-alkyl or cyclic N) is 1. The normalized spacial score (nSPS) is 24.8. The summed E-state index contributed by atoms with van der Waals surface area (Å²) >= 11 is 0. The molecule has 2 N–H and O–H groups in total. The van der Waals surface area contributed by atoms with Crippen LogP contribution in [0, 0.1) is 5.92 Å². The van der Waals surface area contributed by atoms with Crippen LogP contribution in [-0.4, -0.2) is 94.5 Å². The van der Waals surface area contributed by atoms with Crippen molar-refractivity contribution in [2.24, 2.45) is 5.92 Å². The van der Waals surface area contributed by atoms with Crippen molar-refractivity contribution in [1.29, 1.82) is 0 Å². The maximum absolute atomic E-state index is 14.7. The predicted molar refractivity (Wildman–Crippen MR) is 199 cm³/mol. The minimum absolute atomic E-state index is 0.0880. The zero-order valence-corrected chi connectivity index (χ0v) is 29.9. The van der Waals surface area contributed by atoms with Crippen LogP contribution in [-0.2, 0) is 19.8 Å². The van der Waals surface area contributed by atoms with Gasteiger partial charge in [0.1, 0.15) is 12.1 Å². The summed E-state index contributed by atoms with van der Waals surface area (Å²) in [6.07, 6.45) is 9.66. The number of benzene rings is 3. The summed E-state index contributed by atoms with van der Waals surface area (Å²) < 4.78 is 0. The van der Waals surface area contributed by atoms with E-state index in [2.05, 4.69) is 46.6 Å². The van der Waals surface area contributed by atoms with Gasteiger partial charge in [-0.1, -0.05) is 110 Å². The van der Waals surface area contributed by atoms with E-state index in [-0.39, 0.29) is 37.1 Å². The monoisotopic (exact) mass is 690 g/mol. The Kier molecular flexibility index (Phi) is 11.2. The van der Waals surface area contributed by atoms with Crippen LogP contribution >= 0.6 is 0 Å². The fourth-order valence-electron chi connectivity index (χ4n) is 9.53. The lowest BCUT2D eigenvalue weighted by molar-refractivity contribution is -0.147. The molecule has 3 aromatic rings. The number of carbonyl (C=O) groups is 3. The van der Waals surface area contributed by atoms with Crippen LogP contribution in [0.5, 0.6) is 0 Å². The third-order valence-corrected chi connectivity index (χ3v) is 12.1. The molecule has 270 valence electrons. The van der Waals surface area contributed by atoms with Crippen molar-refractivity contribution in [3.63, 3.8) is 0 Å². The van der Waals surface area contributed by atoms with Crippen LogP contribution < -0.4 is 5.32 Å². The summed E-state index contributed by atoms with van der Waals surface area (Å²) in [4.78, 5) is 48.6. The molecule has 4 aliphatic rings. The maximum atomic E-state index is 14.7. The highest BCUT2D eigenvalue weighted by atomic mass is 16.3. The van der Waals surface area contributed by atoms with E-state index in [1.54, 1.807) is 9.80 Å². The molecule has 0 spiro atoms. The van der Waals surface area contributed by atoms with E-state index in [1.807, 2.05) is 54.6 Å². The first kappa shape index (κ1) is 35.4. The van der Waals surface area contributed by atoms with Gasteiger partial charge in [0.05, 0.1) is 11.5 Å². The largest absolute Gasteiger partial charge is 0.391 e. The molecule has 0 bridgehead atoms. The highest BCUT2D eigenvalue weighted by Gasteiger charge is 2.47. The van der Waals surface area contributed by atoms with Gasteiger partial charge < -0.3 is 25.1 Å². The number of nitrogens with zero attached hydrogens (tertiary/aromatic N) is 3. The predicted octanol–water partition coefficient (Wildman–Crippen LogP) is 5.52. The average Bonchev–Trinajstić information content (AvgIpc) is 3.85. The molecule has 3 aromatic carbocycles. The van der Waals surface area contributed by atoms with Crippen LogP contribution in [0.3, 0.4) is 0 Å². The molecule has 8 nitrogen and oxygen atoms in total. The molecule has 0 aromatic heterocycles. The molecule has 51 heavy (non-hydrogen) atoms. The van der Waals surface area contributed by atoms with E-state index in [0.29, 0.717) is 31.5 Å². The summed E-state index contributed by atoms with van der Waals surface area (Å²) in [6.45, 7) is 3.39. The SMILES string of the molecule is O=C(NC[C@@H]1CCCN(C2CCCCC2)C1)[C@H]1CCCN1C(=O)[C@@H]1C[C@@H](O)CN1C(=O)CC(c1ccccc1)(c1ccccc1)c1ccccc1. The van der Waals surface area contributed by atoms with E-state index in [4.69, 9.17) is 0 Å². The Hall–Kier alpha value is -4.01. The van der Waals surface area contributed by atoms with Gasteiger partial charge in [0, 0.05) is 45.1 Å². The third kappa shape index (κ3) is 7.63. The Morgan fingerprint density at radius 2 is 1.25 bits per heavy atom. The van der Waals surface area contributed by atoms with Gasteiger partial charge in [0.25, 0.3) is 0 Å². The van der Waals surface area contributed by atoms with Gasteiger partial charge >= 0.3 is 0 Å². The van der Waals surface area contributed by atoms with Gasteiger partial charge in [-0.25, -0.2) is 0 Å². The molecule has 0 unspecified atom stereocenters. The van der Waals surface area contributed by atoms with E-state index in [0.717, 1.165) is 42.6 Å². The lowest BCUT2D eigenvalue weighted by atomic mass is 9.67. The highest BCUT2D eigenvalue weighted by Crippen LogP contribution is 2.43. The fourth-order valence-corrected chi connectivity index (χ4v) is 9.53. The second-order valence-corrected chi connectivity index (χ2v) is 15.4. The molecule has 8 heteroatoms. The molecule has 0 radical (unpaired) electrons. The number of amides is 3. The van der Waals surface area contributed by atoms with Gasteiger partial charge in [-0.05, 0) is 67.7 Å². The number of aliphatic hydroxyl groups excluding tert-OH is 1. The van der Waals surface area contributed by atoms with E-state index in [9.17, 15) is 19.5 Å². The Labute approximate surface area is 303 Å². The summed E-state index contributed by atoms with van der Waals surface area (Å²) in [5.74, 6) is -0.0967. The van der Waals surface area contributed by atoms with Gasteiger partial charge in [-0.15, -0.1) is 0 Å². The van der Waals surface area contributed by atoms with Crippen LogP contribution in [0.2, 0.25) is 0 Å². The Morgan fingerprint density at radius 1 is 0.667 bits per heavy atom. The molecule has 7 rings (SSSR count). The lowest BCUT2D eigenvalue weighted by Crippen LogP contribution is -2.54. The van der Waals surface area contributed by atoms with Crippen molar-refractivity contribution in [3.05, 3.63) is 108 Å². The molecule has 3 amide bonds. The minimum atomic E-state index is -0.816.